The molecule has 1 aromatic rings. The highest BCUT2D eigenvalue weighted by atomic mass is 32.2. The normalized spacial score (nSPS) is 12.7. The molecule has 1 rings (SSSR count). The first kappa shape index (κ1) is 11.1. The molecule has 0 saturated carbocycles. The van der Waals surface area contributed by atoms with Crippen LogP contribution < -0.4 is 5.73 Å². The Morgan fingerprint density at radius 3 is 2.71 bits per heavy atom. The largest absolute Gasteiger partial charge is 0.399 e. The molecule has 0 aromatic heterocycles. The number of aliphatic hydroxyl groups is 1. The minimum Gasteiger partial charge on any atom is -0.399 e. The van der Waals surface area contributed by atoms with E-state index < -0.39 is 16.6 Å². The third-order valence-electron chi connectivity index (χ3n) is 1.64. The average molecular weight is 217 g/mol. The number of hydrogen-bond donors (Lipinski definition) is 2. The summed E-state index contributed by atoms with van der Waals surface area (Å²) in [5.74, 6) is -0.170. The second kappa shape index (κ2) is 5.07. The van der Waals surface area contributed by atoms with Gasteiger partial charge < -0.3 is 10.8 Å². The summed E-state index contributed by atoms with van der Waals surface area (Å²) in [7, 11) is -1.28. The van der Waals surface area contributed by atoms with Gasteiger partial charge in [-0.1, -0.05) is 0 Å². The Balaban J connectivity index is 2.79. The van der Waals surface area contributed by atoms with Crippen molar-refractivity contribution in [3.8, 4) is 0 Å². The molecule has 5 heteroatoms. The molecule has 0 radical (unpaired) electrons. The lowest BCUT2D eigenvalue weighted by atomic mass is 10.3. The van der Waals surface area contributed by atoms with Gasteiger partial charge in [-0.05, 0) is 24.6 Å². The van der Waals surface area contributed by atoms with Crippen LogP contribution in [0.4, 0.5) is 10.1 Å². The first-order valence-corrected chi connectivity index (χ1v) is 5.50. The van der Waals surface area contributed by atoms with E-state index in [1.54, 1.807) is 0 Å². The highest BCUT2D eigenvalue weighted by Crippen LogP contribution is 2.14. The molecule has 1 atom stereocenters. The van der Waals surface area contributed by atoms with E-state index in [4.69, 9.17) is 10.8 Å². The Hall–Kier alpha value is -0.940. The summed E-state index contributed by atoms with van der Waals surface area (Å²) in [6.07, 6.45) is 0.434. The standard InChI is InChI=1S/C9H12FNO2S/c10-7-4-8(11)6-9(5-7)14(13)3-1-2-12/h4-6,12H,1-3,11H2. The molecule has 3 N–H and O–H groups in total. The molecule has 0 spiro atoms. The zero-order chi connectivity index (χ0) is 10.6. The highest BCUT2D eigenvalue weighted by molar-refractivity contribution is 7.85. The second-order valence-corrected chi connectivity index (χ2v) is 4.42. The van der Waals surface area contributed by atoms with Crippen LogP contribution in [0.1, 0.15) is 6.42 Å². The number of nitrogen functional groups attached to an aromatic ring is 1. The fourth-order valence-corrected chi connectivity index (χ4v) is 2.17. The Kier molecular flexibility index (Phi) is 4.03. The van der Waals surface area contributed by atoms with Crippen molar-refractivity contribution in [3.63, 3.8) is 0 Å². The van der Waals surface area contributed by atoms with Crippen molar-refractivity contribution in [2.75, 3.05) is 18.1 Å². The first-order valence-electron chi connectivity index (χ1n) is 4.19. The molecule has 0 saturated heterocycles. The Bertz CT molecular complexity index is 323. The maximum Gasteiger partial charge on any atom is 0.126 e. The summed E-state index contributed by atoms with van der Waals surface area (Å²) in [4.78, 5) is 0.371. The predicted octanol–water partition coefficient (Wildman–Crippen LogP) is 0.898. The summed E-state index contributed by atoms with van der Waals surface area (Å²) in [5, 5.41) is 8.54. The van der Waals surface area contributed by atoms with E-state index in [-0.39, 0.29) is 12.3 Å². The highest BCUT2D eigenvalue weighted by Gasteiger charge is 2.05. The van der Waals surface area contributed by atoms with Gasteiger partial charge in [-0.15, -0.1) is 0 Å². The zero-order valence-corrected chi connectivity index (χ0v) is 8.39. The van der Waals surface area contributed by atoms with Crippen molar-refractivity contribution < 1.29 is 13.7 Å². The van der Waals surface area contributed by atoms with Gasteiger partial charge in [0, 0.05) is 22.9 Å². The molecule has 0 aliphatic rings. The lowest BCUT2D eigenvalue weighted by molar-refractivity contribution is 0.296. The van der Waals surface area contributed by atoms with Crippen LogP contribution in [0.2, 0.25) is 0 Å². The van der Waals surface area contributed by atoms with E-state index >= 15 is 0 Å². The number of benzene rings is 1. The lowest BCUT2D eigenvalue weighted by Gasteiger charge is -2.02. The van der Waals surface area contributed by atoms with Crippen LogP contribution in [-0.2, 0) is 10.8 Å². The summed E-state index contributed by atoms with van der Waals surface area (Å²) in [6, 6.07) is 3.85. The number of anilines is 1. The maximum absolute atomic E-state index is 12.8. The molecule has 1 unspecified atom stereocenters. The van der Waals surface area contributed by atoms with Crippen LogP contribution in [0, 0.1) is 5.82 Å². The van der Waals surface area contributed by atoms with Gasteiger partial charge in [0.05, 0.1) is 10.8 Å². The number of hydrogen-bond acceptors (Lipinski definition) is 3. The predicted molar refractivity (Wildman–Crippen MR) is 53.8 cm³/mol. The van der Waals surface area contributed by atoms with Crippen LogP contribution in [0.25, 0.3) is 0 Å². The Morgan fingerprint density at radius 2 is 2.14 bits per heavy atom. The van der Waals surface area contributed by atoms with Crippen LogP contribution >= 0.6 is 0 Å². The van der Waals surface area contributed by atoms with Crippen molar-refractivity contribution in [3.05, 3.63) is 24.0 Å². The monoisotopic (exact) mass is 217 g/mol. The van der Waals surface area contributed by atoms with Gasteiger partial charge >= 0.3 is 0 Å². The third kappa shape index (κ3) is 3.08. The quantitative estimate of drug-likeness (QED) is 0.736. The fourth-order valence-electron chi connectivity index (χ4n) is 1.03. The summed E-state index contributed by atoms with van der Waals surface area (Å²) in [5.41, 5.74) is 5.66. The Labute approximate surface area is 84.2 Å². The van der Waals surface area contributed by atoms with E-state index in [9.17, 15) is 8.60 Å². The minimum absolute atomic E-state index is 0.0173. The van der Waals surface area contributed by atoms with Crippen molar-refractivity contribution in [2.24, 2.45) is 0 Å². The molecular weight excluding hydrogens is 205 g/mol. The van der Waals surface area contributed by atoms with Crippen molar-refractivity contribution in [2.45, 2.75) is 11.3 Å². The van der Waals surface area contributed by atoms with Crippen LogP contribution in [-0.4, -0.2) is 21.7 Å². The minimum atomic E-state index is -1.28. The molecule has 1 aromatic carbocycles. The molecule has 0 aliphatic heterocycles. The molecule has 0 aliphatic carbocycles. The van der Waals surface area contributed by atoms with Gasteiger partial charge in [0.25, 0.3) is 0 Å². The van der Waals surface area contributed by atoms with Crippen LogP contribution in [0.3, 0.4) is 0 Å². The van der Waals surface area contributed by atoms with E-state index in [2.05, 4.69) is 0 Å². The van der Waals surface area contributed by atoms with Crippen molar-refractivity contribution in [1.29, 1.82) is 0 Å². The third-order valence-corrected chi connectivity index (χ3v) is 3.07. The smallest absolute Gasteiger partial charge is 0.126 e. The van der Waals surface area contributed by atoms with Gasteiger partial charge in [0.1, 0.15) is 5.82 Å². The molecule has 0 heterocycles. The number of rotatable bonds is 4. The van der Waals surface area contributed by atoms with Crippen molar-refractivity contribution >= 4 is 16.5 Å². The summed E-state index contributed by atoms with van der Waals surface area (Å²) >= 11 is 0. The molecule has 3 nitrogen and oxygen atoms in total. The molecule has 0 amide bonds. The van der Waals surface area contributed by atoms with Gasteiger partial charge in [-0.3, -0.25) is 4.21 Å². The van der Waals surface area contributed by atoms with Crippen LogP contribution in [0.15, 0.2) is 23.1 Å². The average Bonchev–Trinajstić information content (AvgIpc) is 2.12. The van der Waals surface area contributed by atoms with E-state index in [0.717, 1.165) is 0 Å². The maximum atomic E-state index is 12.8. The Morgan fingerprint density at radius 1 is 1.43 bits per heavy atom. The number of nitrogens with two attached hydrogens (primary N) is 1. The van der Waals surface area contributed by atoms with E-state index in [0.29, 0.717) is 17.1 Å². The molecule has 0 bridgehead atoms. The van der Waals surface area contributed by atoms with Crippen LogP contribution in [0.5, 0.6) is 0 Å². The summed E-state index contributed by atoms with van der Waals surface area (Å²) < 4.78 is 24.3. The SMILES string of the molecule is Nc1cc(F)cc(S(=O)CCCO)c1. The van der Waals surface area contributed by atoms with Gasteiger partial charge in [0.2, 0.25) is 0 Å². The van der Waals surface area contributed by atoms with Crippen molar-refractivity contribution in [1.82, 2.24) is 0 Å². The first-order chi connectivity index (χ1) is 6.63. The van der Waals surface area contributed by atoms with Gasteiger partial charge in [0.15, 0.2) is 0 Å². The fraction of sp³-hybridized carbons (Fsp3) is 0.333. The zero-order valence-electron chi connectivity index (χ0n) is 7.57. The molecule has 78 valence electrons. The summed E-state index contributed by atoms with van der Waals surface area (Å²) in [6.45, 7) is -0.0173. The molecular formula is C9H12FNO2S. The molecule has 0 fully saturated rings. The van der Waals surface area contributed by atoms with E-state index in [1.165, 1.54) is 18.2 Å². The number of aliphatic hydroxyl groups excluding tert-OH is 1. The second-order valence-electron chi connectivity index (χ2n) is 2.85. The number of halogens is 1. The molecule has 14 heavy (non-hydrogen) atoms. The topological polar surface area (TPSA) is 63.3 Å². The van der Waals surface area contributed by atoms with Gasteiger partial charge in [-0.2, -0.15) is 0 Å². The van der Waals surface area contributed by atoms with E-state index in [1.807, 2.05) is 0 Å². The van der Waals surface area contributed by atoms with Gasteiger partial charge in [-0.25, -0.2) is 4.39 Å². The lowest BCUT2D eigenvalue weighted by Crippen LogP contribution is -2.01.